The topological polar surface area (TPSA) is 81.1 Å². The molecule has 0 heterocycles. The average Bonchev–Trinajstić information content (AvgIpc) is 2.43. The average molecular weight is 255 g/mol. The molecule has 0 aliphatic rings. The van der Waals surface area contributed by atoms with Crippen LogP contribution in [0.2, 0.25) is 0 Å². The number of benzene rings is 2. The van der Waals surface area contributed by atoms with Gasteiger partial charge in [-0.05, 0) is 42.3 Å². The molecule has 0 spiro atoms. The summed E-state index contributed by atoms with van der Waals surface area (Å²) in [6, 6.07) is 12.7. The van der Waals surface area contributed by atoms with Crippen molar-refractivity contribution in [3.63, 3.8) is 0 Å². The summed E-state index contributed by atoms with van der Waals surface area (Å²) in [5, 5.41) is 2.81. The fourth-order valence-electron chi connectivity index (χ4n) is 1.71. The number of hydrogen-bond acceptors (Lipinski definition) is 3. The zero-order valence-corrected chi connectivity index (χ0v) is 10.8. The summed E-state index contributed by atoms with van der Waals surface area (Å²) in [5.41, 5.74) is 15.3. The molecule has 0 saturated carbocycles. The SMILES string of the molecule is Cc1ccc(NC(=O)c2ccc(CN)cc2)cc1N. The Kier molecular flexibility index (Phi) is 3.82. The second kappa shape index (κ2) is 5.54. The Labute approximate surface area is 112 Å². The lowest BCUT2D eigenvalue weighted by Gasteiger charge is -2.08. The summed E-state index contributed by atoms with van der Waals surface area (Å²) < 4.78 is 0. The van der Waals surface area contributed by atoms with Gasteiger partial charge in [-0.25, -0.2) is 0 Å². The van der Waals surface area contributed by atoms with Crippen LogP contribution in [-0.4, -0.2) is 5.91 Å². The number of nitrogens with one attached hydrogen (secondary N) is 1. The summed E-state index contributed by atoms with van der Waals surface area (Å²) in [6.45, 7) is 2.39. The number of nitrogen functional groups attached to an aromatic ring is 1. The van der Waals surface area contributed by atoms with Gasteiger partial charge in [0.25, 0.3) is 5.91 Å². The molecule has 0 fully saturated rings. The highest BCUT2D eigenvalue weighted by molar-refractivity contribution is 6.04. The van der Waals surface area contributed by atoms with Gasteiger partial charge >= 0.3 is 0 Å². The molecule has 0 unspecified atom stereocenters. The minimum absolute atomic E-state index is 0.160. The van der Waals surface area contributed by atoms with Gasteiger partial charge in [-0.3, -0.25) is 4.79 Å². The molecule has 0 aliphatic heterocycles. The molecule has 0 radical (unpaired) electrons. The van der Waals surface area contributed by atoms with E-state index in [0.717, 1.165) is 11.1 Å². The Morgan fingerprint density at radius 3 is 2.42 bits per heavy atom. The molecule has 19 heavy (non-hydrogen) atoms. The molecule has 1 amide bonds. The van der Waals surface area contributed by atoms with Crippen LogP contribution in [0.5, 0.6) is 0 Å². The number of amides is 1. The van der Waals surface area contributed by atoms with Crippen molar-refractivity contribution in [2.45, 2.75) is 13.5 Å². The summed E-state index contributed by atoms with van der Waals surface area (Å²) in [6.07, 6.45) is 0. The Morgan fingerprint density at radius 1 is 1.16 bits per heavy atom. The highest BCUT2D eigenvalue weighted by Gasteiger charge is 2.06. The van der Waals surface area contributed by atoms with E-state index < -0.39 is 0 Å². The largest absolute Gasteiger partial charge is 0.398 e. The van der Waals surface area contributed by atoms with Crippen LogP contribution in [0.25, 0.3) is 0 Å². The molecule has 4 heteroatoms. The minimum atomic E-state index is -0.160. The molecular weight excluding hydrogens is 238 g/mol. The van der Waals surface area contributed by atoms with Crippen LogP contribution in [0.1, 0.15) is 21.5 Å². The first-order valence-corrected chi connectivity index (χ1v) is 6.06. The molecule has 2 aromatic rings. The van der Waals surface area contributed by atoms with Crippen molar-refractivity contribution in [3.8, 4) is 0 Å². The fourth-order valence-corrected chi connectivity index (χ4v) is 1.71. The monoisotopic (exact) mass is 255 g/mol. The Bertz CT molecular complexity index is 591. The molecule has 0 aliphatic carbocycles. The second-order valence-electron chi connectivity index (χ2n) is 4.43. The van der Waals surface area contributed by atoms with Gasteiger partial charge in [0.15, 0.2) is 0 Å². The van der Waals surface area contributed by atoms with Crippen LogP contribution in [-0.2, 0) is 6.54 Å². The normalized spacial score (nSPS) is 10.2. The third-order valence-corrected chi connectivity index (χ3v) is 2.99. The molecule has 98 valence electrons. The van der Waals surface area contributed by atoms with E-state index >= 15 is 0 Å². The number of hydrogen-bond donors (Lipinski definition) is 3. The van der Waals surface area contributed by atoms with E-state index in [1.54, 1.807) is 18.2 Å². The highest BCUT2D eigenvalue weighted by atomic mass is 16.1. The second-order valence-corrected chi connectivity index (χ2v) is 4.43. The van der Waals surface area contributed by atoms with Gasteiger partial charge in [0, 0.05) is 23.5 Å². The summed E-state index contributed by atoms with van der Waals surface area (Å²) in [7, 11) is 0. The van der Waals surface area contributed by atoms with Crippen LogP contribution in [0.3, 0.4) is 0 Å². The maximum atomic E-state index is 12.0. The molecule has 0 saturated heterocycles. The van der Waals surface area contributed by atoms with Crippen molar-refractivity contribution in [2.24, 2.45) is 5.73 Å². The van der Waals surface area contributed by atoms with Gasteiger partial charge in [-0.15, -0.1) is 0 Å². The van der Waals surface area contributed by atoms with E-state index in [4.69, 9.17) is 11.5 Å². The maximum absolute atomic E-state index is 12.0. The molecule has 0 aromatic heterocycles. The molecule has 2 aromatic carbocycles. The molecule has 5 N–H and O–H groups in total. The Morgan fingerprint density at radius 2 is 1.84 bits per heavy atom. The van der Waals surface area contributed by atoms with Gasteiger partial charge in [0.05, 0.1) is 0 Å². The number of aryl methyl sites for hydroxylation is 1. The van der Waals surface area contributed by atoms with Gasteiger partial charge in [0.2, 0.25) is 0 Å². The van der Waals surface area contributed by atoms with E-state index in [2.05, 4.69) is 5.32 Å². The lowest BCUT2D eigenvalue weighted by atomic mass is 10.1. The summed E-state index contributed by atoms with van der Waals surface area (Å²) in [5.74, 6) is -0.160. The first-order chi connectivity index (χ1) is 9.10. The van der Waals surface area contributed by atoms with E-state index in [1.165, 1.54) is 0 Å². The molecule has 2 rings (SSSR count). The predicted molar refractivity (Wildman–Crippen MR) is 77.9 cm³/mol. The lowest BCUT2D eigenvalue weighted by Crippen LogP contribution is -2.12. The molecule has 4 nitrogen and oxygen atoms in total. The highest BCUT2D eigenvalue weighted by Crippen LogP contribution is 2.17. The summed E-state index contributed by atoms with van der Waals surface area (Å²) >= 11 is 0. The Hall–Kier alpha value is -2.33. The van der Waals surface area contributed by atoms with Gasteiger partial charge in [-0.1, -0.05) is 18.2 Å². The fraction of sp³-hybridized carbons (Fsp3) is 0.133. The van der Waals surface area contributed by atoms with Crippen molar-refractivity contribution < 1.29 is 4.79 Å². The van der Waals surface area contributed by atoms with Crippen molar-refractivity contribution in [3.05, 3.63) is 59.2 Å². The lowest BCUT2D eigenvalue weighted by molar-refractivity contribution is 0.102. The van der Waals surface area contributed by atoms with Gasteiger partial charge in [0.1, 0.15) is 0 Å². The quantitative estimate of drug-likeness (QED) is 0.736. The first kappa shape index (κ1) is 13.1. The zero-order valence-electron chi connectivity index (χ0n) is 10.8. The van der Waals surface area contributed by atoms with Gasteiger partial charge < -0.3 is 16.8 Å². The zero-order chi connectivity index (χ0) is 13.8. The van der Waals surface area contributed by atoms with E-state index in [-0.39, 0.29) is 5.91 Å². The predicted octanol–water partition coefficient (Wildman–Crippen LogP) is 2.29. The van der Waals surface area contributed by atoms with E-state index in [0.29, 0.717) is 23.5 Å². The van der Waals surface area contributed by atoms with Crippen molar-refractivity contribution >= 4 is 17.3 Å². The van der Waals surface area contributed by atoms with Crippen LogP contribution in [0.15, 0.2) is 42.5 Å². The Balaban J connectivity index is 2.13. The van der Waals surface area contributed by atoms with E-state index in [1.807, 2.05) is 31.2 Å². The first-order valence-electron chi connectivity index (χ1n) is 6.06. The molecular formula is C15H17N3O. The van der Waals surface area contributed by atoms with Crippen molar-refractivity contribution in [2.75, 3.05) is 11.1 Å². The number of anilines is 2. The maximum Gasteiger partial charge on any atom is 0.255 e. The number of nitrogens with two attached hydrogens (primary N) is 2. The van der Waals surface area contributed by atoms with Crippen molar-refractivity contribution in [1.82, 2.24) is 0 Å². The van der Waals surface area contributed by atoms with E-state index in [9.17, 15) is 4.79 Å². The minimum Gasteiger partial charge on any atom is -0.398 e. The standard InChI is InChI=1S/C15H17N3O/c1-10-2-7-13(8-14(10)17)18-15(19)12-5-3-11(9-16)4-6-12/h2-8H,9,16-17H2,1H3,(H,18,19). The molecule has 0 atom stereocenters. The smallest absolute Gasteiger partial charge is 0.255 e. The van der Waals surface area contributed by atoms with Crippen LogP contribution < -0.4 is 16.8 Å². The number of rotatable bonds is 3. The third-order valence-electron chi connectivity index (χ3n) is 2.99. The van der Waals surface area contributed by atoms with Crippen molar-refractivity contribution in [1.29, 1.82) is 0 Å². The number of carbonyl (C=O) groups is 1. The number of carbonyl (C=O) groups excluding carboxylic acids is 1. The third kappa shape index (κ3) is 3.11. The van der Waals surface area contributed by atoms with Crippen LogP contribution in [0.4, 0.5) is 11.4 Å². The molecule has 0 bridgehead atoms. The summed E-state index contributed by atoms with van der Waals surface area (Å²) in [4.78, 5) is 12.0. The van der Waals surface area contributed by atoms with Crippen LogP contribution >= 0.6 is 0 Å². The van der Waals surface area contributed by atoms with Gasteiger partial charge in [-0.2, -0.15) is 0 Å². The van der Waals surface area contributed by atoms with Crippen LogP contribution in [0, 0.1) is 6.92 Å².